The molecule has 3 aromatic rings. The van der Waals surface area contributed by atoms with Crippen LogP contribution in [0.25, 0.3) is 0 Å². The maximum absolute atomic E-state index is 15.9. The number of ether oxygens (including phenoxy) is 3. The zero-order chi connectivity index (χ0) is 31.7. The van der Waals surface area contributed by atoms with Gasteiger partial charge in [-0.05, 0) is 39.3 Å². The molecule has 0 radical (unpaired) electrons. The van der Waals surface area contributed by atoms with Gasteiger partial charge in [-0.1, -0.05) is 11.6 Å². The Morgan fingerprint density at radius 2 is 1.93 bits per heavy atom. The molecule has 234 valence electrons. The van der Waals surface area contributed by atoms with Gasteiger partial charge in [-0.3, -0.25) is 0 Å². The van der Waals surface area contributed by atoms with Gasteiger partial charge < -0.3 is 24.0 Å². The molecule has 1 saturated heterocycles. The highest BCUT2D eigenvalue weighted by Gasteiger charge is 2.38. The minimum absolute atomic E-state index is 0.0639. The van der Waals surface area contributed by atoms with Crippen LogP contribution in [-0.2, 0) is 21.3 Å². The van der Waals surface area contributed by atoms with Gasteiger partial charge >= 0.3 is 6.09 Å². The van der Waals surface area contributed by atoms with E-state index in [0.717, 1.165) is 28.2 Å². The molecule has 0 aliphatic carbocycles. The Labute approximate surface area is 258 Å². The second-order valence-electron chi connectivity index (χ2n) is 10.7. The Balaban J connectivity index is 1.67. The summed E-state index contributed by atoms with van der Waals surface area (Å²) in [5, 5.41) is -0.709. The topological polar surface area (TPSA) is 114 Å². The van der Waals surface area contributed by atoms with Gasteiger partial charge in [0.25, 0.3) is 10.0 Å². The van der Waals surface area contributed by atoms with E-state index in [-0.39, 0.29) is 35.7 Å². The van der Waals surface area contributed by atoms with Crippen LogP contribution < -0.4 is 18.7 Å². The van der Waals surface area contributed by atoms with E-state index in [1.807, 2.05) is 0 Å². The summed E-state index contributed by atoms with van der Waals surface area (Å²) in [5.74, 6) is -2.05. The summed E-state index contributed by atoms with van der Waals surface area (Å²) in [4.78, 5) is 18.3. The minimum Gasteiger partial charge on any atom is -0.497 e. The molecule has 1 atom stereocenters. The lowest BCUT2D eigenvalue weighted by Crippen LogP contribution is -2.39. The highest BCUT2D eigenvalue weighted by molar-refractivity contribution is 7.93. The predicted octanol–water partition coefficient (Wildman–Crippen LogP) is 5.33. The molecule has 1 fully saturated rings. The van der Waals surface area contributed by atoms with Gasteiger partial charge in [0.1, 0.15) is 34.3 Å². The highest BCUT2D eigenvalue weighted by Crippen LogP contribution is 2.39. The second-order valence-corrected chi connectivity index (χ2v) is 13.7. The Kier molecular flexibility index (Phi) is 9.57. The van der Waals surface area contributed by atoms with Crippen molar-refractivity contribution in [2.45, 2.75) is 50.3 Å². The third-order valence-electron chi connectivity index (χ3n) is 6.76. The third kappa shape index (κ3) is 6.88. The quantitative estimate of drug-likeness (QED) is 0.281. The average molecular weight is 660 g/mol. The van der Waals surface area contributed by atoms with Crippen LogP contribution in [0.4, 0.5) is 24.4 Å². The fraction of sp³-hybridized carbons (Fsp3) is 0.444. The number of hydrogen-bond donors (Lipinski definition) is 0. The SMILES string of the molecule is COc1ccc(CN(c2ncns2)S(=O)(=O)c2c(F)cc(N(C)[C@H]3CCN(C(=O)OC(C)(C)C)C3)c(Cl)c2F)c(OC)c1. The van der Waals surface area contributed by atoms with Crippen LogP contribution in [-0.4, -0.2) is 74.8 Å². The number of benzene rings is 2. The van der Waals surface area contributed by atoms with Crippen molar-refractivity contribution in [3.05, 3.63) is 52.8 Å². The number of sulfonamides is 1. The van der Waals surface area contributed by atoms with Crippen molar-refractivity contribution < 1.29 is 36.2 Å². The number of likely N-dealkylation sites (tertiary alicyclic amines) is 1. The van der Waals surface area contributed by atoms with E-state index < -0.39 is 43.3 Å². The summed E-state index contributed by atoms with van der Waals surface area (Å²) in [7, 11) is -0.482. The van der Waals surface area contributed by atoms with Crippen molar-refractivity contribution in [1.29, 1.82) is 0 Å². The minimum atomic E-state index is -4.91. The van der Waals surface area contributed by atoms with E-state index in [1.165, 1.54) is 24.0 Å². The number of nitrogens with zero attached hydrogens (tertiary/aromatic N) is 5. The molecule has 0 spiro atoms. The molecule has 11 nitrogen and oxygen atoms in total. The monoisotopic (exact) mass is 659 g/mol. The number of hydrogen-bond acceptors (Lipinski definition) is 10. The van der Waals surface area contributed by atoms with Crippen LogP contribution in [0.5, 0.6) is 11.5 Å². The molecule has 2 heterocycles. The normalized spacial score (nSPS) is 15.4. The van der Waals surface area contributed by atoms with Crippen LogP contribution in [0.3, 0.4) is 0 Å². The molecule has 16 heteroatoms. The zero-order valence-corrected chi connectivity index (χ0v) is 26.8. The first-order valence-electron chi connectivity index (χ1n) is 13.1. The molecule has 0 unspecified atom stereocenters. The van der Waals surface area contributed by atoms with Crippen LogP contribution in [0.15, 0.2) is 35.5 Å². The lowest BCUT2D eigenvalue weighted by atomic mass is 10.2. The molecule has 1 aliphatic heterocycles. The number of rotatable bonds is 9. The molecule has 1 aliphatic rings. The molecule has 43 heavy (non-hydrogen) atoms. The van der Waals surface area contributed by atoms with Crippen molar-refractivity contribution in [3.63, 3.8) is 0 Å². The van der Waals surface area contributed by atoms with Gasteiger partial charge in [-0.2, -0.15) is 4.37 Å². The molecule has 2 aromatic carbocycles. The Hall–Kier alpha value is -3.43. The van der Waals surface area contributed by atoms with Crippen LogP contribution in [0.2, 0.25) is 5.02 Å². The number of methoxy groups -OCH3 is 2. The number of amides is 1. The van der Waals surface area contributed by atoms with Gasteiger partial charge in [-0.15, -0.1) is 0 Å². The Morgan fingerprint density at radius 3 is 2.53 bits per heavy atom. The van der Waals surface area contributed by atoms with Gasteiger partial charge in [-0.25, -0.2) is 31.3 Å². The van der Waals surface area contributed by atoms with Crippen LogP contribution in [0, 0.1) is 11.6 Å². The molecule has 1 aromatic heterocycles. The highest BCUT2D eigenvalue weighted by atomic mass is 35.5. The van der Waals surface area contributed by atoms with Crippen LogP contribution in [0.1, 0.15) is 32.8 Å². The average Bonchev–Trinajstić information content (AvgIpc) is 3.65. The van der Waals surface area contributed by atoms with E-state index in [0.29, 0.717) is 24.3 Å². The molecule has 0 saturated carbocycles. The zero-order valence-electron chi connectivity index (χ0n) is 24.4. The number of carbonyl (C=O) groups is 1. The van der Waals surface area contributed by atoms with Gasteiger partial charge in [0.05, 0.1) is 26.5 Å². The standard InChI is InChI=1S/C27H32ClF2N5O6S2/c1-27(2,3)41-26(36)34-10-9-17(14-34)33(4)20-12-19(29)24(23(30)22(20)28)43(37,38)35(25-31-15-32-42-25)13-16-7-8-18(39-5)11-21(16)40-6/h7-8,11-12,15,17H,9-10,13-14H2,1-6H3/t17-/m0/s1. The van der Waals surface area contributed by atoms with E-state index >= 15 is 8.78 Å². The maximum atomic E-state index is 15.9. The number of anilines is 2. The van der Waals surface area contributed by atoms with Crippen molar-refractivity contribution >= 4 is 50.1 Å². The summed E-state index contributed by atoms with van der Waals surface area (Å²) in [6.45, 7) is 5.47. The molecule has 4 rings (SSSR count). The number of aromatic nitrogens is 2. The van der Waals surface area contributed by atoms with Crippen molar-refractivity contribution in [2.75, 3.05) is 43.6 Å². The first kappa shape index (κ1) is 32.5. The fourth-order valence-electron chi connectivity index (χ4n) is 4.59. The second kappa shape index (κ2) is 12.7. The summed E-state index contributed by atoms with van der Waals surface area (Å²) >= 11 is 7.11. The number of likely N-dealkylation sites (N-methyl/N-ethyl adjacent to an activating group) is 1. The lowest BCUT2D eigenvalue weighted by Gasteiger charge is -2.29. The Bertz CT molecular complexity index is 1590. The van der Waals surface area contributed by atoms with Gasteiger partial charge in [0.15, 0.2) is 10.7 Å². The predicted molar refractivity (Wildman–Crippen MR) is 159 cm³/mol. The van der Waals surface area contributed by atoms with E-state index in [9.17, 15) is 13.2 Å². The van der Waals surface area contributed by atoms with E-state index in [4.69, 9.17) is 25.8 Å². The third-order valence-corrected chi connectivity index (χ3v) is 9.70. The first-order valence-corrected chi connectivity index (χ1v) is 15.7. The summed E-state index contributed by atoms with van der Waals surface area (Å²) in [5.41, 5.74) is -0.369. The summed E-state index contributed by atoms with van der Waals surface area (Å²) in [6.07, 6.45) is 1.11. The Morgan fingerprint density at radius 1 is 1.21 bits per heavy atom. The van der Waals surface area contributed by atoms with Crippen molar-refractivity contribution in [1.82, 2.24) is 14.3 Å². The summed E-state index contributed by atoms with van der Waals surface area (Å²) in [6, 6.07) is 5.24. The molecule has 0 N–H and O–H groups in total. The molecule has 0 bridgehead atoms. The number of carbonyl (C=O) groups excluding carboxylic acids is 1. The molecule has 1 amide bonds. The van der Waals surface area contributed by atoms with Crippen molar-refractivity contribution in [3.8, 4) is 11.5 Å². The smallest absolute Gasteiger partial charge is 0.410 e. The van der Waals surface area contributed by atoms with Crippen LogP contribution >= 0.6 is 23.1 Å². The van der Waals surface area contributed by atoms with Gasteiger partial charge in [0, 0.05) is 55.4 Å². The lowest BCUT2D eigenvalue weighted by molar-refractivity contribution is 0.0292. The number of halogens is 3. The van der Waals surface area contributed by atoms with E-state index in [2.05, 4.69) is 9.36 Å². The maximum Gasteiger partial charge on any atom is 0.410 e. The van der Waals surface area contributed by atoms with E-state index in [1.54, 1.807) is 46.0 Å². The molecular formula is C27H32ClF2N5O6S2. The summed E-state index contributed by atoms with van der Waals surface area (Å²) < 4.78 is 80.0. The van der Waals surface area contributed by atoms with Gasteiger partial charge in [0.2, 0.25) is 5.13 Å². The fourth-order valence-corrected chi connectivity index (χ4v) is 7.17. The first-order chi connectivity index (χ1) is 20.2. The molecular weight excluding hydrogens is 628 g/mol. The largest absolute Gasteiger partial charge is 0.497 e. The van der Waals surface area contributed by atoms with Crippen molar-refractivity contribution in [2.24, 2.45) is 0 Å².